The second-order valence-corrected chi connectivity index (χ2v) is 7.93. The summed E-state index contributed by atoms with van der Waals surface area (Å²) in [5, 5.41) is 5.92. The molecule has 148 valence electrons. The Bertz CT molecular complexity index is 624. The molecule has 0 aromatic heterocycles. The highest BCUT2D eigenvalue weighted by atomic mass is 16.2. The van der Waals surface area contributed by atoms with Crippen LogP contribution >= 0.6 is 0 Å². The first kappa shape index (κ1) is 19.8. The zero-order chi connectivity index (χ0) is 19.1. The minimum absolute atomic E-state index is 0.00162. The number of hydrogen-bond acceptors (Lipinski definition) is 4. The van der Waals surface area contributed by atoms with Gasteiger partial charge in [0.1, 0.15) is 0 Å². The number of nitrogens with two attached hydrogens (primary N) is 1. The quantitative estimate of drug-likeness (QED) is 0.741. The van der Waals surface area contributed by atoms with Crippen molar-refractivity contribution >= 4 is 23.2 Å². The van der Waals surface area contributed by atoms with Crippen molar-refractivity contribution in [1.82, 2.24) is 4.90 Å². The van der Waals surface area contributed by atoms with E-state index < -0.39 is 0 Å². The van der Waals surface area contributed by atoms with Crippen molar-refractivity contribution < 1.29 is 9.59 Å². The normalized spacial score (nSPS) is 24.0. The molecule has 2 fully saturated rings. The molecule has 2 amide bonds. The van der Waals surface area contributed by atoms with Crippen LogP contribution in [0.3, 0.4) is 0 Å². The van der Waals surface area contributed by atoms with Gasteiger partial charge < -0.3 is 16.4 Å². The van der Waals surface area contributed by atoms with Crippen LogP contribution in [0.15, 0.2) is 24.3 Å². The van der Waals surface area contributed by atoms with Gasteiger partial charge in [0.05, 0.1) is 6.54 Å². The maximum Gasteiger partial charge on any atom is 0.238 e. The summed E-state index contributed by atoms with van der Waals surface area (Å²) in [5.41, 5.74) is 7.49. The van der Waals surface area contributed by atoms with Gasteiger partial charge in [-0.05, 0) is 69.5 Å². The third-order valence-corrected chi connectivity index (χ3v) is 5.59. The van der Waals surface area contributed by atoms with Crippen molar-refractivity contribution in [2.45, 2.75) is 57.4 Å². The number of carbonyl (C=O) groups is 2. The number of amides is 2. The second-order valence-electron chi connectivity index (χ2n) is 7.93. The van der Waals surface area contributed by atoms with E-state index >= 15 is 0 Å². The van der Waals surface area contributed by atoms with Gasteiger partial charge in [0.15, 0.2) is 0 Å². The lowest BCUT2D eigenvalue weighted by Gasteiger charge is -2.25. The first-order valence-corrected chi connectivity index (χ1v) is 10.3. The maximum absolute atomic E-state index is 12.4. The smallest absolute Gasteiger partial charge is 0.238 e. The number of anilines is 2. The van der Waals surface area contributed by atoms with E-state index in [2.05, 4.69) is 15.5 Å². The summed E-state index contributed by atoms with van der Waals surface area (Å²) in [6.07, 6.45) is 8.56. The van der Waals surface area contributed by atoms with Crippen LogP contribution in [0.25, 0.3) is 0 Å². The number of hydrogen-bond donors (Lipinski definition) is 3. The van der Waals surface area contributed by atoms with E-state index in [0.717, 1.165) is 50.1 Å². The zero-order valence-electron chi connectivity index (χ0n) is 16.1. The Hall–Kier alpha value is -1.92. The first-order chi connectivity index (χ1) is 13.1. The topological polar surface area (TPSA) is 87.5 Å². The highest BCUT2D eigenvalue weighted by molar-refractivity contribution is 5.94. The molecule has 6 heteroatoms. The lowest BCUT2D eigenvalue weighted by Crippen LogP contribution is -2.34. The van der Waals surface area contributed by atoms with Gasteiger partial charge >= 0.3 is 0 Å². The zero-order valence-corrected chi connectivity index (χ0v) is 16.1. The third-order valence-electron chi connectivity index (χ3n) is 5.59. The highest BCUT2D eigenvalue weighted by Gasteiger charge is 2.25. The second kappa shape index (κ2) is 9.85. The lowest BCUT2D eigenvalue weighted by molar-refractivity contribution is -0.121. The molecule has 0 radical (unpaired) electrons. The van der Waals surface area contributed by atoms with Crippen molar-refractivity contribution in [3.8, 4) is 0 Å². The molecule has 1 aliphatic carbocycles. The molecule has 1 aromatic carbocycles. The van der Waals surface area contributed by atoms with Gasteiger partial charge in [0, 0.05) is 23.3 Å². The minimum Gasteiger partial charge on any atom is -0.328 e. The Balaban J connectivity index is 1.46. The van der Waals surface area contributed by atoms with Gasteiger partial charge in [-0.2, -0.15) is 0 Å². The largest absolute Gasteiger partial charge is 0.328 e. The molecule has 1 saturated heterocycles. The van der Waals surface area contributed by atoms with Crippen molar-refractivity contribution in [1.29, 1.82) is 0 Å². The summed E-state index contributed by atoms with van der Waals surface area (Å²) >= 11 is 0. The van der Waals surface area contributed by atoms with Crippen LogP contribution in [0.2, 0.25) is 0 Å². The minimum atomic E-state index is 0.00162. The molecule has 4 N–H and O–H groups in total. The number of carbonyl (C=O) groups excluding carboxylic acids is 2. The number of rotatable bonds is 5. The molecule has 1 aliphatic heterocycles. The molecular weight excluding hydrogens is 340 g/mol. The molecule has 1 aromatic rings. The van der Waals surface area contributed by atoms with E-state index in [1.807, 2.05) is 24.3 Å². The van der Waals surface area contributed by atoms with Crippen LogP contribution in [-0.4, -0.2) is 42.4 Å². The number of benzene rings is 1. The monoisotopic (exact) mass is 372 g/mol. The predicted octanol–water partition coefficient (Wildman–Crippen LogP) is 2.96. The predicted molar refractivity (Wildman–Crippen MR) is 109 cm³/mol. The summed E-state index contributed by atoms with van der Waals surface area (Å²) < 4.78 is 0. The molecule has 3 rings (SSSR count). The van der Waals surface area contributed by atoms with Crippen molar-refractivity contribution in [3.63, 3.8) is 0 Å². The number of likely N-dealkylation sites (tertiary alicyclic amines) is 1. The molecule has 2 unspecified atom stereocenters. The van der Waals surface area contributed by atoms with Crippen LogP contribution < -0.4 is 16.4 Å². The highest BCUT2D eigenvalue weighted by Crippen LogP contribution is 2.25. The molecule has 0 spiro atoms. The Labute approximate surface area is 161 Å². The Morgan fingerprint density at radius 2 is 1.56 bits per heavy atom. The summed E-state index contributed by atoms with van der Waals surface area (Å²) in [7, 11) is 0. The molecule has 1 heterocycles. The van der Waals surface area contributed by atoms with Crippen molar-refractivity contribution in [2.24, 2.45) is 11.7 Å². The summed E-state index contributed by atoms with van der Waals surface area (Å²) in [4.78, 5) is 26.9. The fourth-order valence-corrected chi connectivity index (χ4v) is 4.04. The maximum atomic E-state index is 12.4. The SMILES string of the molecule is NC1CCCC(C(=O)Nc2ccc(NC(=O)CN3CCCCCC3)cc2)C1. The molecule has 2 aliphatic rings. The van der Waals surface area contributed by atoms with Crippen LogP contribution in [0.4, 0.5) is 11.4 Å². The van der Waals surface area contributed by atoms with Gasteiger partial charge in [-0.25, -0.2) is 0 Å². The van der Waals surface area contributed by atoms with Gasteiger partial charge in [0.2, 0.25) is 11.8 Å². The third kappa shape index (κ3) is 6.33. The van der Waals surface area contributed by atoms with E-state index in [1.165, 1.54) is 25.7 Å². The van der Waals surface area contributed by atoms with Gasteiger partial charge in [-0.3, -0.25) is 14.5 Å². The van der Waals surface area contributed by atoms with Gasteiger partial charge in [0.25, 0.3) is 0 Å². The molecule has 27 heavy (non-hydrogen) atoms. The first-order valence-electron chi connectivity index (χ1n) is 10.3. The van der Waals surface area contributed by atoms with Crippen LogP contribution in [0, 0.1) is 5.92 Å². The summed E-state index contributed by atoms with van der Waals surface area (Å²) in [6.45, 7) is 2.45. The Morgan fingerprint density at radius 1 is 0.926 bits per heavy atom. The van der Waals surface area contributed by atoms with E-state index in [0.29, 0.717) is 6.54 Å². The van der Waals surface area contributed by atoms with E-state index in [9.17, 15) is 9.59 Å². The standard InChI is InChI=1S/C21H32N4O2/c22-17-7-5-6-16(14-17)21(27)24-19-10-8-18(9-11-19)23-20(26)15-25-12-3-1-2-4-13-25/h8-11,16-17H,1-7,12-15,22H2,(H,23,26)(H,24,27). The average Bonchev–Trinajstić information content (AvgIpc) is 2.92. The van der Waals surface area contributed by atoms with Crippen molar-refractivity contribution in [3.05, 3.63) is 24.3 Å². The molecule has 1 saturated carbocycles. The van der Waals surface area contributed by atoms with Crippen molar-refractivity contribution in [2.75, 3.05) is 30.3 Å². The number of nitrogens with zero attached hydrogens (tertiary/aromatic N) is 1. The van der Waals surface area contributed by atoms with Crippen LogP contribution in [0.5, 0.6) is 0 Å². The average molecular weight is 373 g/mol. The Kier molecular flexibility index (Phi) is 7.24. The fourth-order valence-electron chi connectivity index (χ4n) is 4.04. The number of nitrogens with one attached hydrogen (secondary N) is 2. The van der Waals surface area contributed by atoms with Crippen LogP contribution in [-0.2, 0) is 9.59 Å². The fraction of sp³-hybridized carbons (Fsp3) is 0.619. The Morgan fingerprint density at radius 3 is 2.19 bits per heavy atom. The molecule has 2 atom stereocenters. The van der Waals surface area contributed by atoms with E-state index in [4.69, 9.17) is 5.73 Å². The molecule has 0 bridgehead atoms. The molecular formula is C21H32N4O2. The van der Waals surface area contributed by atoms with Crippen LogP contribution in [0.1, 0.15) is 51.4 Å². The molecule has 6 nitrogen and oxygen atoms in total. The lowest BCUT2D eigenvalue weighted by atomic mass is 9.85. The van der Waals surface area contributed by atoms with Gasteiger partial charge in [-0.15, -0.1) is 0 Å². The van der Waals surface area contributed by atoms with Gasteiger partial charge in [-0.1, -0.05) is 19.3 Å². The summed E-state index contributed by atoms with van der Waals surface area (Å²) in [6, 6.07) is 7.48. The van der Waals surface area contributed by atoms with E-state index in [1.54, 1.807) is 0 Å². The summed E-state index contributed by atoms with van der Waals surface area (Å²) in [5.74, 6) is 0.0646. The van der Waals surface area contributed by atoms with E-state index in [-0.39, 0.29) is 23.8 Å².